The fourth-order valence-corrected chi connectivity index (χ4v) is 3.12. The minimum Gasteiger partial charge on any atom is -0.379 e. The van der Waals surface area contributed by atoms with Crippen LogP contribution in [0, 0.1) is 11.3 Å². The molecule has 0 saturated carbocycles. The highest BCUT2D eigenvalue weighted by Crippen LogP contribution is 2.44. The first kappa shape index (κ1) is 9.47. The van der Waals surface area contributed by atoms with Crippen molar-refractivity contribution >= 4 is 0 Å². The van der Waals surface area contributed by atoms with E-state index in [9.17, 15) is 0 Å². The zero-order valence-electron chi connectivity index (χ0n) is 9.02. The van der Waals surface area contributed by atoms with Gasteiger partial charge in [-0.2, -0.15) is 0 Å². The summed E-state index contributed by atoms with van der Waals surface area (Å²) in [6.45, 7) is 10.1. The Labute approximate surface area is 81.0 Å². The highest BCUT2D eigenvalue weighted by atomic mass is 16.5. The monoisotopic (exact) mass is 183 g/mol. The molecule has 1 N–H and O–H groups in total. The minimum atomic E-state index is 0.318. The van der Waals surface area contributed by atoms with E-state index in [1.165, 1.54) is 19.4 Å². The molecule has 2 atom stereocenters. The van der Waals surface area contributed by atoms with Crippen molar-refractivity contribution < 1.29 is 4.74 Å². The fraction of sp³-hybridized carbons (Fsp3) is 1.00. The molecule has 2 rings (SSSR count). The lowest BCUT2D eigenvalue weighted by atomic mass is 9.69. The summed E-state index contributed by atoms with van der Waals surface area (Å²) in [5.74, 6) is 0.780. The molecule has 0 amide bonds. The van der Waals surface area contributed by atoms with E-state index in [0.717, 1.165) is 19.1 Å². The standard InChI is InChI=1S/C11H21NO/c1-10(2,3)9-4-6-12-11(9)5-7-13-8-11/h9,12H,4-8H2,1-3H3. The van der Waals surface area contributed by atoms with Gasteiger partial charge in [-0.05, 0) is 30.7 Å². The molecule has 0 radical (unpaired) electrons. The molecule has 2 fully saturated rings. The molecular weight excluding hydrogens is 162 g/mol. The summed E-state index contributed by atoms with van der Waals surface area (Å²) in [5.41, 5.74) is 0.732. The Bertz CT molecular complexity index is 183. The Kier molecular flexibility index (Phi) is 2.16. The van der Waals surface area contributed by atoms with Crippen LogP contribution in [0.4, 0.5) is 0 Å². The van der Waals surface area contributed by atoms with Gasteiger partial charge in [-0.15, -0.1) is 0 Å². The second-order valence-corrected chi connectivity index (χ2v) is 5.59. The molecule has 76 valence electrons. The molecule has 2 aliphatic rings. The van der Waals surface area contributed by atoms with Crippen LogP contribution in [0.15, 0.2) is 0 Å². The third kappa shape index (κ3) is 1.50. The summed E-state index contributed by atoms with van der Waals surface area (Å²) in [7, 11) is 0. The summed E-state index contributed by atoms with van der Waals surface area (Å²) >= 11 is 0. The second-order valence-electron chi connectivity index (χ2n) is 5.59. The Morgan fingerprint density at radius 2 is 2.15 bits per heavy atom. The van der Waals surface area contributed by atoms with Crippen molar-refractivity contribution in [2.24, 2.45) is 11.3 Å². The van der Waals surface area contributed by atoms with Crippen molar-refractivity contribution in [1.82, 2.24) is 5.32 Å². The van der Waals surface area contributed by atoms with Gasteiger partial charge in [0.2, 0.25) is 0 Å². The van der Waals surface area contributed by atoms with E-state index in [1.807, 2.05) is 0 Å². The Hall–Kier alpha value is -0.0800. The van der Waals surface area contributed by atoms with Crippen LogP contribution in [-0.2, 0) is 4.74 Å². The lowest BCUT2D eigenvalue weighted by molar-refractivity contribution is 0.108. The Morgan fingerprint density at radius 3 is 2.69 bits per heavy atom. The van der Waals surface area contributed by atoms with E-state index >= 15 is 0 Å². The first-order chi connectivity index (χ1) is 6.05. The first-order valence-electron chi connectivity index (χ1n) is 5.37. The van der Waals surface area contributed by atoms with E-state index in [4.69, 9.17) is 4.74 Å². The van der Waals surface area contributed by atoms with Crippen LogP contribution in [0.2, 0.25) is 0 Å². The molecule has 2 heterocycles. The highest BCUT2D eigenvalue weighted by Gasteiger charge is 2.49. The maximum atomic E-state index is 5.55. The average molecular weight is 183 g/mol. The maximum Gasteiger partial charge on any atom is 0.0652 e. The topological polar surface area (TPSA) is 21.3 Å². The highest BCUT2D eigenvalue weighted by molar-refractivity contribution is 5.05. The number of hydrogen-bond acceptors (Lipinski definition) is 2. The molecule has 2 heteroatoms. The van der Waals surface area contributed by atoms with Crippen molar-refractivity contribution in [3.63, 3.8) is 0 Å². The second kappa shape index (κ2) is 2.96. The summed E-state index contributed by atoms with van der Waals surface area (Å²) in [6.07, 6.45) is 2.52. The molecule has 1 spiro atoms. The van der Waals surface area contributed by atoms with Crippen LogP contribution in [0.25, 0.3) is 0 Å². The molecule has 13 heavy (non-hydrogen) atoms. The summed E-state index contributed by atoms with van der Waals surface area (Å²) in [4.78, 5) is 0. The zero-order chi connectivity index (χ0) is 9.53. The van der Waals surface area contributed by atoms with E-state index in [1.54, 1.807) is 0 Å². The molecule has 0 aromatic rings. The van der Waals surface area contributed by atoms with Gasteiger partial charge in [0, 0.05) is 12.1 Å². The predicted octanol–water partition coefficient (Wildman–Crippen LogP) is 1.80. The first-order valence-corrected chi connectivity index (χ1v) is 5.37. The molecule has 0 aliphatic carbocycles. The number of ether oxygens (including phenoxy) is 1. The van der Waals surface area contributed by atoms with E-state index < -0.39 is 0 Å². The van der Waals surface area contributed by atoms with Crippen LogP contribution in [0.5, 0.6) is 0 Å². The van der Waals surface area contributed by atoms with Crippen LogP contribution in [0.1, 0.15) is 33.6 Å². The molecule has 2 unspecified atom stereocenters. The lowest BCUT2D eigenvalue weighted by Gasteiger charge is -2.38. The predicted molar refractivity (Wildman–Crippen MR) is 53.7 cm³/mol. The van der Waals surface area contributed by atoms with Gasteiger partial charge in [-0.3, -0.25) is 0 Å². The van der Waals surface area contributed by atoms with E-state index in [0.29, 0.717) is 11.0 Å². The van der Waals surface area contributed by atoms with Gasteiger partial charge >= 0.3 is 0 Å². The van der Waals surface area contributed by atoms with Gasteiger partial charge in [-0.1, -0.05) is 20.8 Å². The molecule has 2 aliphatic heterocycles. The number of rotatable bonds is 0. The molecule has 0 aromatic heterocycles. The number of nitrogens with one attached hydrogen (secondary N) is 1. The van der Waals surface area contributed by atoms with Gasteiger partial charge in [0.1, 0.15) is 0 Å². The normalized spacial score (nSPS) is 40.4. The largest absolute Gasteiger partial charge is 0.379 e. The number of hydrogen-bond donors (Lipinski definition) is 1. The van der Waals surface area contributed by atoms with Crippen LogP contribution in [0.3, 0.4) is 0 Å². The molecular formula is C11H21NO. The molecule has 2 nitrogen and oxygen atoms in total. The van der Waals surface area contributed by atoms with Gasteiger partial charge in [-0.25, -0.2) is 0 Å². The summed E-state index contributed by atoms with van der Waals surface area (Å²) in [5, 5.41) is 3.66. The van der Waals surface area contributed by atoms with Gasteiger partial charge < -0.3 is 10.1 Å². The van der Waals surface area contributed by atoms with Gasteiger partial charge in [0.25, 0.3) is 0 Å². The van der Waals surface area contributed by atoms with Crippen molar-refractivity contribution in [3.05, 3.63) is 0 Å². The SMILES string of the molecule is CC(C)(C)C1CCNC12CCOC2. The van der Waals surface area contributed by atoms with E-state index in [-0.39, 0.29) is 0 Å². The van der Waals surface area contributed by atoms with Crippen molar-refractivity contribution in [3.8, 4) is 0 Å². The quantitative estimate of drug-likeness (QED) is 0.618. The smallest absolute Gasteiger partial charge is 0.0652 e. The minimum absolute atomic E-state index is 0.318. The van der Waals surface area contributed by atoms with Crippen molar-refractivity contribution in [1.29, 1.82) is 0 Å². The maximum absolute atomic E-state index is 5.55. The molecule has 0 aromatic carbocycles. The van der Waals surface area contributed by atoms with Crippen LogP contribution >= 0.6 is 0 Å². The summed E-state index contributed by atoms with van der Waals surface area (Å²) < 4.78 is 5.55. The Morgan fingerprint density at radius 1 is 1.38 bits per heavy atom. The lowest BCUT2D eigenvalue weighted by Crippen LogP contribution is -2.49. The Balaban J connectivity index is 2.18. The zero-order valence-corrected chi connectivity index (χ0v) is 9.02. The molecule has 0 bridgehead atoms. The van der Waals surface area contributed by atoms with Crippen molar-refractivity contribution in [2.45, 2.75) is 39.2 Å². The molecule has 2 saturated heterocycles. The van der Waals surface area contributed by atoms with E-state index in [2.05, 4.69) is 26.1 Å². The average Bonchev–Trinajstić information content (AvgIpc) is 2.60. The van der Waals surface area contributed by atoms with Gasteiger partial charge in [0.05, 0.1) is 6.61 Å². The third-order valence-electron chi connectivity index (χ3n) is 3.67. The van der Waals surface area contributed by atoms with Crippen LogP contribution < -0.4 is 5.32 Å². The fourth-order valence-electron chi connectivity index (χ4n) is 3.12. The van der Waals surface area contributed by atoms with Crippen LogP contribution in [-0.4, -0.2) is 25.3 Å². The third-order valence-corrected chi connectivity index (χ3v) is 3.67. The summed E-state index contributed by atoms with van der Waals surface area (Å²) in [6, 6.07) is 0. The van der Waals surface area contributed by atoms with Crippen molar-refractivity contribution in [2.75, 3.05) is 19.8 Å². The van der Waals surface area contributed by atoms with Gasteiger partial charge in [0.15, 0.2) is 0 Å².